The summed E-state index contributed by atoms with van der Waals surface area (Å²) in [7, 11) is 3.59. The highest BCUT2D eigenvalue weighted by atomic mass is 127. The Morgan fingerprint density at radius 2 is 2.00 bits per heavy atom. The molecule has 3 aromatic heterocycles. The van der Waals surface area contributed by atoms with Crippen LogP contribution in [0, 0.1) is 5.82 Å². The average Bonchev–Trinajstić information content (AvgIpc) is 3.33. The number of nitrogens with one attached hydrogen (secondary N) is 4. The monoisotopic (exact) mass is 537 g/mol. The Bertz CT molecular complexity index is 1180. The molecular formula is C20H25FIN9. The lowest BCUT2D eigenvalue weighted by Gasteiger charge is -2.12. The van der Waals surface area contributed by atoms with Crippen LogP contribution in [-0.4, -0.2) is 57.4 Å². The van der Waals surface area contributed by atoms with Gasteiger partial charge in [-0.05, 0) is 30.2 Å². The van der Waals surface area contributed by atoms with Gasteiger partial charge in [0, 0.05) is 50.8 Å². The Hall–Kier alpha value is -2.96. The van der Waals surface area contributed by atoms with Crippen LogP contribution in [-0.2, 0) is 13.5 Å². The van der Waals surface area contributed by atoms with Crippen LogP contribution in [0.2, 0.25) is 0 Å². The summed E-state index contributed by atoms with van der Waals surface area (Å²) in [6.45, 7) is 2.03. The third kappa shape index (κ3) is 5.21. The molecule has 0 bridgehead atoms. The van der Waals surface area contributed by atoms with Gasteiger partial charge in [-0.1, -0.05) is 0 Å². The van der Waals surface area contributed by atoms with Crippen LogP contribution in [0.5, 0.6) is 0 Å². The summed E-state index contributed by atoms with van der Waals surface area (Å²) < 4.78 is 15.0. The lowest BCUT2D eigenvalue weighted by molar-refractivity contribution is 0.629. The zero-order valence-electron chi connectivity index (χ0n) is 17.3. The van der Waals surface area contributed by atoms with Gasteiger partial charge < -0.3 is 20.9 Å². The molecule has 3 heterocycles. The van der Waals surface area contributed by atoms with Crippen LogP contribution >= 0.6 is 24.0 Å². The topological polar surface area (TPSA) is 108 Å². The zero-order valence-corrected chi connectivity index (χ0v) is 19.6. The van der Waals surface area contributed by atoms with E-state index < -0.39 is 0 Å². The predicted molar refractivity (Wildman–Crippen MR) is 132 cm³/mol. The van der Waals surface area contributed by atoms with Gasteiger partial charge >= 0.3 is 0 Å². The summed E-state index contributed by atoms with van der Waals surface area (Å²) in [6, 6.07) is 4.80. The third-order valence-corrected chi connectivity index (χ3v) is 4.88. The first-order valence-electron chi connectivity index (χ1n) is 9.72. The number of rotatable bonds is 7. The number of anilines is 1. The number of guanidine groups is 1. The third-order valence-electron chi connectivity index (χ3n) is 4.88. The molecule has 4 rings (SSSR count). The number of aromatic nitrogens is 5. The maximum absolute atomic E-state index is 13.3. The molecule has 0 saturated carbocycles. The standard InChI is InChI=1S/C20H24FN9.HI/c1-22-20(24-6-5-13-10-26-17-9-14(21)3-4-15(13)17)25-8-7-23-18-16-11-29-30(2)19(16)28-12-27-18;/h3-4,9-12,26H,5-8H2,1-2H3,(H2,22,24,25)(H,23,27,28);1H. The van der Waals surface area contributed by atoms with E-state index in [1.165, 1.54) is 18.5 Å². The molecule has 164 valence electrons. The van der Waals surface area contributed by atoms with Gasteiger partial charge in [-0.2, -0.15) is 5.10 Å². The van der Waals surface area contributed by atoms with Crippen molar-refractivity contribution in [3.63, 3.8) is 0 Å². The normalized spacial score (nSPS) is 11.5. The second-order valence-corrected chi connectivity index (χ2v) is 6.83. The lowest BCUT2D eigenvalue weighted by Crippen LogP contribution is -2.40. The molecule has 0 aliphatic heterocycles. The van der Waals surface area contributed by atoms with E-state index >= 15 is 0 Å². The number of aryl methyl sites for hydroxylation is 1. The van der Waals surface area contributed by atoms with Crippen molar-refractivity contribution in [3.05, 3.63) is 48.3 Å². The molecule has 1 aromatic carbocycles. The minimum atomic E-state index is -0.238. The van der Waals surface area contributed by atoms with Crippen LogP contribution in [0.4, 0.5) is 10.2 Å². The van der Waals surface area contributed by atoms with E-state index in [4.69, 9.17) is 0 Å². The van der Waals surface area contributed by atoms with Crippen molar-refractivity contribution in [2.75, 3.05) is 32.0 Å². The Morgan fingerprint density at radius 1 is 1.16 bits per heavy atom. The summed E-state index contributed by atoms with van der Waals surface area (Å²) in [5.74, 6) is 1.24. The molecule has 0 radical (unpaired) electrons. The largest absolute Gasteiger partial charge is 0.368 e. The molecule has 0 fully saturated rings. The smallest absolute Gasteiger partial charge is 0.191 e. The molecule has 0 unspecified atom stereocenters. The van der Waals surface area contributed by atoms with E-state index in [-0.39, 0.29) is 29.8 Å². The summed E-state index contributed by atoms with van der Waals surface area (Å²) >= 11 is 0. The fourth-order valence-electron chi connectivity index (χ4n) is 3.37. The van der Waals surface area contributed by atoms with Crippen molar-refractivity contribution in [2.24, 2.45) is 12.0 Å². The molecule has 4 N–H and O–H groups in total. The molecule has 0 spiro atoms. The molecule has 11 heteroatoms. The highest BCUT2D eigenvalue weighted by molar-refractivity contribution is 14.0. The minimum Gasteiger partial charge on any atom is -0.368 e. The zero-order chi connectivity index (χ0) is 20.9. The van der Waals surface area contributed by atoms with Gasteiger partial charge in [0.15, 0.2) is 11.6 Å². The van der Waals surface area contributed by atoms with E-state index in [1.54, 1.807) is 17.9 Å². The van der Waals surface area contributed by atoms with Gasteiger partial charge in [-0.25, -0.2) is 14.4 Å². The average molecular weight is 537 g/mol. The molecule has 4 aromatic rings. The maximum Gasteiger partial charge on any atom is 0.191 e. The van der Waals surface area contributed by atoms with Crippen molar-refractivity contribution < 1.29 is 4.39 Å². The van der Waals surface area contributed by atoms with Crippen LogP contribution in [0.1, 0.15) is 5.56 Å². The Morgan fingerprint density at radius 3 is 2.84 bits per heavy atom. The quantitative estimate of drug-likeness (QED) is 0.125. The van der Waals surface area contributed by atoms with Crippen molar-refractivity contribution >= 4 is 57.7 Å². The molecular weight excluding hydrogens is 512 g/mol. The van der Waals surface area contributed by atoms with Crippen LogP contribution in [0.3, 0.4) is 0 Å². The van der Waals surface area contributed by atoms with E-state index in [0.29, 0.717) is 19.6 Å². The molecule has 0 saturated heterocycles. The van der Waals surface area contributed by atoms with E-state index in [0.717, 1.165) is 45.7 Å². The lowest BCUT2D eigenvalue weighted by atomic mass is 10.1. The Kier molecular flexibility index (Phi) is 7.60. The van der Waals surface area contributed by atoms with E-state index in [1.807, 2.05) is 19.3 Å². The summed E-state index contributed by atoms with van der Waals surface area (Å²) in [6.07, 6.45) is 6.00. The molecule has 0 aliphatic rings. The van der Waals surface area contributed by atoms with Crippen molar-refractivity contribution in [1.82, 2.24) is 35.4 Å². The first kappa shape index (κ1) is 22.7. The van der Waals surface area contributed by atoms with Gasteiger partial charge in [0.2, 0.25) is 0 Å². The molecule has 0 amide bonds. The number of aromatic amines is 1. The number of H-pyrrole nitrogens is 1. The highest BCUT2D eigenvalue weighted by Crippen LogP contribution is 2.19. The number of fused-ring (bicyclic) bond motifs is 2. The molecule has 31 heavy (non-hydrogen) atoms. The first-order valence-corrected chi connectivity index (χ1v) is 9.72. The van der Waals surface area contributed by atoms with Gasteiger partial charge in [-0.15, -0.1) is 24.0 Å². The molecule has 9 nitrogen and oxygen atoms in total. The van der Waals surface area contributed by atoms with Crippen LogP contribution in [0.15, 0.2) is 41.9 Å². The summed E-state index contributed by atoms with van der Waals surface area (Å²) in [5, 5.41) is 16.0. The number of hydrogen-bond acceptors (Lipinski definition) is 5. The Labute approximate surface area is 196 Å². The SMILES string of the molecule is CN=C(NCCNc1ncnc2c1cnn2C)NCCc1c[nH]c2cc(F)ccc12.I. The number of benzene rings is 1. The highest BCUT2D eigenvalue weighted by Gasteiger charge is 2.08. The number of halogens is 2. The second kappa shape index (κ2) is 10.4. The first-order chi connectivity index (χ1) is 14.7. The van der Waals surface area contributed by atoms with Gasteiger partial charge in [-0.3, -0.25) is 9.67 Å². The minimum absolute atomic E-state index is 0. The Balaban J connectivity index is 0.00000272. The van der Waals surface area contributed by atoms with Gasteiger partial charge in [0.25, 0.3) is 0 Å². The van der Waals surface area contributed by atoms with Gasteiger partial charge in [0.1, 0.15) is 18.0 Å². The number of aliphatic imine (C=N–C) groups is 1. The predicted octanol–water partition coefficient (Wildman–Crippen LogP) is 2.42. The second-order valence-electron chi connectivity index (χ2n) is 6.83. The summed E-state index contributed by atoms with van der Waals surface area (Å²) in [5.41, 5.74) is 2.74. The molecule has 0 aliphatic carbocycles. The number of hydrogen-bond donors (Lipinski definition) is 4. The van der Waals surface area contributed by atoms with Crippen LogP contribution in [0.25, 0.3) is 21.9 Å². The number of nitrogens with zero attached hydrogens (tertiary/aromatic N) is 5. The molecule has 0 atom stereocenters. The van der Waals surface area contributed by atoms with Gasteiger partial charge in [0.05, 0.1) is 11.6 Å². The van der Waals surface area contributed by atoms with Crippen molar-refractivity contribution in [1.29, 1.82) is 0 Å². The summed E-state index contributed by atoms with van der Waals surface area (Å²) in [4.78, 5) is 15.9. The van der Waals surface area contributed by atoms with E-state index in [2.05, 4.69) is 41.0 Å². The fraction of sp³-hybridized carbons (Fsp3) is 0.300. The fourth-order valence-corrected chi connectivity index (χ4v) is 3.37. The maximum atomic E-state index is 13.3. The van der Waals surface area contributed by atoms with E-state index in [9.17, 15) is 4.39 Å². The van der Waals surface area contributed by atoms with Crippen molar-refractivity contribution in [2.45, 2.75) is 6.42 Å². The van der Waals surface area contributed by atoms with Crippen molar-refractivity contribution in [3.8, 4) is 0 Å². The van der Waals surface area contributed by atoms with Crippen LogP contribution < -0.4 is 16.0 Å².